The van der Waals surface area contributed by atoms with E-state index >= 15 is 0 Å². The van der Waals surface area contributed by atoms with Crippen LogP contribution in [0, 0.1) is 5.92 Å². The van der Waals surface area contributed by atoms with E-state index in [0.29, 0.717) is 25.9 Å². The van der Waals surface area contributed by atoms with Gasteiger partial charge in [0.05, 0.1) is 23.4 Å². The van der Waals surface area contributed by atoms with E-state index in [0.717, 1.165) is 32.9 Å². The highest BCUT2D eigenvalue weighted by Gasteiger charge is 2.43. The zero-order valence-electron chi connectivity index (χ0n) is 21.0. The first-order valence-corrected chi connectivity index (χ1v) is 12.1. The number of carbonyl (C=O) groups is 1. The zero-order valence-corrected chi connectivity index (χ0v) is 21.0. The van der Waals surface area contributed by atoms with Gasteiger partial charge in [0, 0.05) is 38.0 Å². The van der Waals surface area contributed by atoms with Gasteiger partial charge in [-0.25, -0.2) is 4.79 Å². The van der Waals surface area contributed by atoms with Crippen LogP contribution in [-0.2, 0) is 24.4 Å². The molecular weight excluding hydrogens is 442 g/mol. The topological polar surface area (TPSA) is 85.4 Å². The maximum atomic E-state index is 12.6. The third kappa shape index (κ3) is 4.16. The lowest BCUT2D eigenvalue weighted by molar-refractivity contribution is -0.0236. The summed E-state index contributed by atoms with van der Waals surface area (Å²) in [6.07, 6.45) is 4.68. The summed E-state index contributed by atoms with van der Waals surface area (Å²) in [7, 11) is 3.83. The number of piperidine rings is 1. The molecule has 0 bridgehead atoms. The minimum atomic E-state index is -1.23. The van der Waals surface area contributed by atoms with Crippen molar-refractivity contribution in [1.29, 1.82) is 0 Å². The van der Waals surface area contributed by atoms with Crippen LogP contribution in [0.15, 0.2) is 48.8 Å². The van der Waals surface area contributed by atoms with E-state index in [2.05, 4.69) is 10.2 Å². The van der Waals surface area contributed by atoms with Crippen molar-refractivity contribution in [3.8, 4) is 0 Å². The number of likely N-dealkylation sites (tertiary alicyclic amines) is 1. The Morgan fingerprint density at radius 1 is 0.914 bits per heavy atom. The first kappa shape index (κ1) is 23.4. The molecule has 1 fully saturated rings. The van der Waals surface area contributed by atoms with Crippen molar-refractivity contribution in [2.45, 2.75) is 44.8 Å². The average Bonchev–Trinajstić information content (AvgIpc) is 3.39. The zero-order chi connectivity index (χ0) is 25.0. The van der Waals surface area contributed by atoms with Gasteiger partial charge in [0.15, 0.2) is 0 Å². The SMILES string of the molecule is Cn1ncc2cc(C(O)(c3ccc4c(cnn4C)c3)C3CCN(C(=O)OC(C)(C)C)CC3)ccc21. The van der Waals surface area contributed by atoms with Crippen LogP contribution in [0.3, 0.4) is 0 Å². The fourth-order valence-corrected chi connectivity index (χ4v) is 5.25. The monoisotopic (exact) mass is 475 g/mol. The Morgan fingerprint density at radius 2 is 1.40 bits per heavy atom. The molecule has 5 rings (SSSR count). The van der Waals surface area contributed by atoms with Crippen molar-refractivity contribution in [2.24, 2.45) is 20.0 Å². The molecule has 4 aromatic rings. The number of amides is 1. The summed E-state index contributed by atoms with van der Waals surface area (Å²) in [5.41, 5.74) is 1.92. The Morgan fingerprint density at radius 3 is 1.86 bits per heavy atom. The van der Waals surface area contributed by atoms with Crippen LogP contribution in [0.1, 0.15) is 44.7 Å². The Labute approximate surface area is 205 Å². The molecule has 8 nitrogen and oxygen atoms in total. The first-order chi connectivity index (χ1) is 16.6. The van der Waals surface area contributed by atoms with Gasteiger partial charge in [-0.15, -0.1) is 0 Å². The predicted octanol–water partition coefficient (Wildman–Crippen LogP) is 4.34. The standard InChI is InChI=1S/C27H33N5O3/c1-26(2,3)35-25(33)32-12-10-20(11-13-32)27(34,21-6-8-23-18(14-21)16-28-30(23)4)22-7-9-24-19(15-22)17-29-31(24)5/h6-9,14-17,20,34H,10-13H2,1-5H3. The normalized spacial score (nSPS) is 15.8. The number of hydrogen-bond acceptors (Lipinski definition) is 5. The lowest BCUT2D eigenvalue weighted by Crippen LogP contribution is -2.47. The van der Waals surface area contributed by atoms with E-state index in [1.807, 2.05) is 93.0 Å². The van der Waals surface area contributed by atoms with Crippen LogP contribution in [0.4, 0.5) is 4.79 Å². The molecule has 3 heterocycles. The maximum absolute atomic E-state index is 12.6. The highest BCUT2D eigenvalue weighted by atomic mass is 16.6. The summed E-state index contributed by atoms with van der Waals surface area (Å²) in [6.45, 7) is 6.69. The largest absolute Gasteiger partial charge is 0.444 e. The molecule has 1 saturated heterocycles. The molecule has 8 heteroatoms. The van der Waals surface area contributed by atoms with E-state index < -0.39 is 11.2 Å². The van der Waals surface area contributed by atoms with Gasteiger partial charge >= 0.3 is 6.09 Å². The number of hydrogen-bond donors (Lipinski definition) is 1. The van der Waals surface area contributed by atoms with Gasteiger partial charge in [-0.3, -0.25) is 9.36 Å². The van der Waals surface area contributed by atoms with Gasteiger partial charge in [0.1, 0.15) is 11.2 Å². The van der Waals surface area contributed by atoms with Crippen molar-refractivity contribution in [1.82, 2.24) is 24.5 Å². The number of carbonyl (C=O) groups excluding carboxylic acids is 1. The molecule has 1 N–H and O–H groups in total. The fraction of sp³-hybridized carbons (Fsp3) is 0.444. The van der Waals surface area contributed by atoms with Crippen LogP contribution in [0.5, 0.6) is 0 Å². The second-order valence-corrected chi connectivity index (χ2v) is 10.6. The number of aliphatic hydroxyl groups is 1. The summed E-state index contributed by atoms with van der Waals surface area (Å²) in [5, 5.41) is 23.2. The summed E-state index contributed by atoms with van der Waals surface area (Å²) in [4.78, 5) is 14.4. The number of nitrogens with zero attached hydrogens (tertiary/aromatic N) is 5. The van der Waals surface area contributed by atoms with Crippen LogP contribution in [0.2, 0.25) is 0 Å². The molecule has 0 spiro atoms. The van der Waals surface area contributed by atoms with Gasteiger partial charge in [0.25, 0.3) is 0 Å². The summed E-state index contributed by atoms with van der Waals surface area (Å²) in [5.74, 6) is -0.0792. The second kappa shape index (κ2) is 8.37. The molecule has 0 aliphatic carbocycles. The number of aromatic nitrogens is 4. The highest BCUT2D eigenvalue weighted by Crippen LogP contribution is 2.43. The summed E-state index contributed by atoms with van der Waals surface area (Å²) < 4.78 is 9.24. The van der Waals surface area contributed by atoms with Crippen LogP contribution < -0.4 is 0 Å². The Bertz CT molecular complexity index is 1310. The number of fused-ring (bicyclic) bond motifs is 2. The fourth-order valence-electron chi connectivity index (χ4n) is 5.25. The molecule has 1 aliphatic heterocycles. The number of benzene rings is 2. The number of rotatable bonds is 3. The van der Waals surface area contributed by atoms with Gasteiger partial charge in [-0.2, -0.15) is 10.2 Å². The Hall–Kier alpha value is -3.39. The third-order valence-electron chi connectivity index (χ3n) is 7.11. The van der Waals surface area contributed by atoms with E-state index in [1.54, 1.807) is 4.90 Å². The smallest absolute Gasteiger partial charge is 0.410 e. The minimum absolute atomic E-state index is 0.0792. The van der Waals surface area contributed by atoms with Gasteiger partial charge in [-0.1, -0.05) is 12.1 Å². The van der Waals surface area contributed by atoms with Crippen molar-refractivity contribution in [3.05, 3.63) is 59.9 Å². The quantitative estimate of drug-likeness (QED) is 0.476. The van der Waals surface area contributed by atoms with Crippen molar-refractivity contribution < 1.29 is 14.6 Å². The number of aryl methyl sites for hydroxylation is 2. The van der Waals surface area contributed by atoms with Crippen LogP contribution in [0.25, 0.3) is 21.8 Å². The first-order valence-electron chi connectivity index (χ1n) is 12.1. The van der Waals surface area contributed by atoms with E-state index in [-0.39, 0.29) is 12.0 Å². The van der Waals surface area contributed by atoms with Crippen LogP contribution in [-0.4, -0.2) is 54.4 Å². The van der Waals surface area contributed by atoms with E-state index in [4.69, 9.17) is 4.74 Å². The lowest BCUT2D eigenvalue weighted by Gasteiger charge is -2.42. The molecule has 2 aromatic heterocycles. The molecule has 184 valence electrons. The third-order valence-corrected chi connectivity index (χ3v) is 7.11. The molecule has 0 atom stereocenters. The minimum Gasteiger partial charge on any atom is -0.444 e. The van der Waals surface area contributed by atoms with Gasteiger partial charge in [-0.05, 0) is 74.9 Å². The predicted molar refractivity (Wildman–Crippen MR) is 135 cm³/mol. The van der Waals surface area contributed by atoms with E-state index in [1.165, 1.54) is 0 Å². The van der Waals surface area contributed by atoms with Crippen molar-refractivity contribution in [3.63, 3.8) is 0 Å². The summed E-state index contributed by atoms with van der Waals surface area (Å²) >= 11 is 0. The van der Waals surface area contributed by atoms with Crippen LogP contribution >= 0.6 is 0 Å². The highest BCUT2D eigenvalue weighted by molar-refractivity contribution is 5.81. The Balaban J connectivity index is 1.53. The van der Waals surface area contributed by atoms with Crippen molar-refractivity contribution >= 4 is 27.9 Å². The molecule has 0 unspecified atom stereocenters. The summed E-state index contributed by atoms with van der Waals surface area (Å²) in [6, 6.07) is 12.1. The lowest BCUT2D eigenvalue weighted by atomic mass is 9.71. The van der Waals surface area contributed by atoms with Crippen molar-refractivity contribution in [2.75, 3.05) is 13.1 Å². The number of ether oxygens (including phenoxy) is 1. The molecular formula is C27H33N5O3. The second-order valence-electron chi connectivity index (χ2n) is 10.6. The Kier molecular flexibility index (Phi) is 5.59. The molecule has 1 aliphatic rings. The molecule has 0 radical (unpaired) electrons. The molecule has 0 saturated carbocycles. The van der Waals surface area contributed by atoms with E-state index in [9.17, 15) is 9.90 Å². The average molecular weight is 476 g/mol. The van der Waals surface area contributed by atoms with Gasteiger partial charge in [0.2, 0.25) is 0 Å². The molecule has 2 aromatic carbocycles. The van der Waals surface area contributed by atoms with Gasteiger partial charge < -0.3 is 14.7 Å². The molecule has 1 amide bonds. The molecule has 35 heavy (non-hydrogen) atoms. The maximum Gasteiger partial charge on any atom is 0.410 e.